The Kier molecular flexibility index (Phi) is 5.45. The number of nitrogens with one attached hydrogen (secondary N) is 1. The Labute approximate surface area is 125 Å². The standard InChI is InChI=1S/C18H21F2N/c1-3-11-21-17(12-14-8-5-4-7-13(14)2)18-15(19)9-6-10-16(18)20/h4-10,17,21H,3,11-12H2,1-2H3. The highest BCUT2D eigenvalue weighted by Gasteiger charge is 2.20. The third kappa shape index (κ3) is 3.88. The van der Waals surface area contributed by atoms with E-state index in [1.54, 1.807) is 0 Å². The van der Waals surface area contributed by atoms with E-state index in [0.29, 0.717) is 6.42 Å². The highest BCUT2D eigenvalue weighted by atomic mass is 19.1. The molecule has 0 saturated heterocycles. The molecule has 0 aliphatic carbocycles. The molecule has 2 rings (SSSR count). The van der Waals surface area contributed by atoms with Crippen LogP contribution in [-0.4, -0.2) is 6.54 Å². The van der Waals surface area contributed by atoms with Crippen LogP contribution in [-0.2, 0) is 6.42 Å². The lowest BCUT2D eigenvalue weighted by molar-refractivity contribution is 0.464. The molecule has 0 aliphatic rings. The van der Waals surface area contributed by atoms with Gasteiger partial charge in [-0.05, 0) is 49.6 Å². The van der Waals surface area contributed by atoms with Crippen molar-refractivity contribution in [3.05, 3.63) is 70.8 Å². The number of benzene rings is 2. The molecule has 0 saturated carbocycles. The van der Waals surface area contributed by atoms with Crippen molar-refractivity contribution >= 4 is 0 Å². The van der Waals surface area contributed by atoms with Crippen molar-refractivity contribution in [1.82, 2.24) is 5.32 Å². The Hall–Kier alpha value is -1.74. The lowest BCUT2D eigenvalue weighted by Crippen LogP contribution is -2.26. The van der Waals surface area contributed by atoms with Crippen LogP contribution in [0.4, 0.5) is 8.78 Å². The molecule has 0 aromatic heterocycles. The van der Waals surface area contributed by atoms with Gasteiger partial charge in [0.25, 0.3) is 0 Å². The maximum Gasteiger partial charge on any atom is 0.130 e. The molecule has 1 unspecified atom stereocenters. The van der Waals surface area contributed by atoms with Gasteiger partial charge in [0.2, 0.25) is 0 Å². The molecule has 3 heteroatoms. The number of halogens is 2. The van der Waals surface area contributed by atoms with Crippen molar-refractivity contribution in [3.63, 3.8) is 0 Å². The second-order valence-corrected chi connectivity index (χ2v) is 5.27. The first-order valence-electron chi connectivity index (χ1n) is 7.35. The summed E-state index contributed by atoms with van der Waals surface area (Å²) < 4.78 is 28.1. The van der Waals surface area contributed by atoms with E-state index in [4.69, 9.17) is 0 Å². The van der Waals surface area contributed by atoms with E-state index in [0.717, 1.165) is 24.1 Å². The van der Waals surface area contributed by atoms with E-state index in [1.165, 1.54) is 18.2 Å². The van der Waals surface area contributed by atoms with Crippen molar-refractivity contribution in [3.8, 4) is 0 Å². The summed E-state index contributed by atoms with van der Waals surface area (Å²) in [5.74, 6) is -0.977. The summed E-state index contributed by atoms with van der Waals surface area (Å²) in [6, 6.07) is 11.6. The van der Waals surface area contributed by atoms with E-state index < -0.39 is 11.6 Å². The monoisotopic (exact) mass is 289 g/mol. The first-order chi connectivity index (χ1) is 10.1. The summed E-state index contributed by atoms with van der Waals surface area (Å²) in [6.45, 7) is 4.78. The van der Waals surface area contributed by atoms with Crippen molar-refractivity contribution in [1.29, 1.82) is 0 Å². The summed E-state index contributed by atoms with van der Waals surface area (Å²) in [5.41, 5.74) is 2.38. The van der Waals surface area contributed by atoms with Crippen LogP contribution in [0.2, 0.25) is 0 Å². The zero-order valence-electron chi connectivity index (χ0n) is 12.5. The maximum absolute atomic E-state index is 14.1. The van der Waals surface area contributed by atoms with Gasteiger partial charge in [0.1, 0.15) is 11.6 Å². The first-order valence-corrected chi connectivity index (χ1v) is 7.35. The average molecular weight is 289 g/mol. The van der Waals surface area contributed by atoms with Crippen LogP contribution in [0, 0.1) is 18.6 Å². The van der Waals surface area contributed by atoms with Crippen molar-refractivity contribution in [2.45, 2.75) is 32.7 Å². The van der Waals surface area contributed by atoms with Crippen LogP contribution < -0.4 is 5.32 Å². The Morgan fingerprint density at radius 3 is 2.29 bits per heavy atom. The summed E-state index contributed by atoms with van der Waals surface area (Å²) in [6.07, 6.45) is 1.49. The minimum atomic E-state index is -0.489. The zero-order valence-corrected chi connectivity index (χ0v) is 12.5. The van der Waals surface area contributed by atoms with Crippen LogP contribution in [0.1, 0.15) is 36.1 Å². The Balaban J connectivity index is 2.32. The average Bonchev–Trinajstić information content (AvgIpc) is 2.46. The van der Waals surface area contributed by atoms with Crippen LogP contribution in [0.15, 0.2) is 42.5 Å². The van der Waals surface area contributed by atoms with Crippen LogP contribution in [0.5, 0.6) is 0 Å². The van der Waals surface area contributed by atoms with Crippen molar-refractivity contribution in [2.24, 2.45) is 0 Å². The van der Waals surface area contributed by atoms with Crippen LogP contribution >= 0.6 is 0 Å². The van der Waals surface area contributed by atoms with Crippen molar-refractivity contribution < 1.29 is 8.78 Å². The molecule has 1 N–H and O–H groups in total. The number of aryl methyl sites for hydroxylation is 1. The van der Waals surface area contributed by atoms with Gasteiger partial charge in [-0.25, -0.2) is 8.78 Å². The second kappa shape index (κ2) is 7.32. The fraction of sp³-hybridized carbons (Fsp3) is 0.333. The normalized spacial score (nSPS) is 12.4. The quantitative estimate of drug-likeness (QED) is 0.822. The molecule has 0 bridgehead atoms. The largest absolute Gasteiger partial charge is 0.309 e. The summed E-state index contributed by atoms with van der Waals surface area (Å²) in [7, 11) is 0. The SMILES string of the molecule is CCCNC(Cc1ccccc1C)c1c(F)cccc1F. The molecular weight excluding hydrogens is 268 g/mol. The Morgan fingerprint density at radius 1 is 1.00 bits per heavy atom. The molecule has 0 fully saturated rings. The number of hydrogen-bond acceptors (Lipinski definition) is 1. The lowest BCUT2D eigenvalue weighted by Gasteiger charge is -2.21. The molecule has 21 heavy (non-hydrogen) atoms. The Morgan fingerprint density at radius 2 is 1.67 bits per heavy atom. The summed E-state index contributed by atoms with van der Waals surface area (Å²) >= 11 is 0. The molecule has 2 aromatic rings. The van der Waals surface area contributed by atoms with Gasteiger partial charge in [-0.2, -0.15) is 0 Å². The fourth-order valence-corrected chi connectivity index (χ4v) is 2.50. The maximum atomic E-state index is 14.1. The van der Waals surface area contributed by atoms with Crippen molar-refractivity contribution in [2.75, 3.05) is 6.54 Å². The molecule has 2 aromatic carbocycles. The Bertz CT molecular complexity index is 575. The predicted octanol–water partition coefficient (Wildman–Crippen LogP) is 4.56. The molecule has 0 heterocycles. The smallest absolute Gasteiger partial charge is 0.130 e. The second-order valence-electron chi connectivity index (χ2n) is 5.27. The van der Waals surface area contributed by atoms with E-state index in [9.17, 15) is 8.78 Å². The molecule has 0 amide bonds. The van der Waals surface area contributed by atoms with E-state index >= 15 is 0 Å². The minimum Gasteiger partial charge on any atom is -0.309 e. The lowest BCUT2D eigenvalue weighted by atomic mass is 9.95. The molecule has 1 atom stereocenters. The van der Waals surface area contributed by atoms with Gasteiger partial charge in [-0.3, -0.25) is 0 Å². The number of hydrogen-bond donors (Lipinski definition) is 1. The summed E-state index contributed by atoms with van der Waals surface area (Å²) in [4.78, 5) is 0. The van der Waals surface area contributed by atoms with Crippen LogP contribution in [0.25, 0.3) is 0 Å². The van der Waals surface area contributed by atoms with Gasteiger partial charge < -0.3 is 5.32 Å². The molecule has 1 nitrogen and oxygen atoms in total. The zero-order chi connectivity index (χ0) is 15.2. The van der Waals surface area contributed by atoms with Gasteiger partial charge in [-0.1, -0.05) is 37.3 Å². The first kappa shape index (κ1) is 15.6. The van der Waals surface area contributed by atoms with Gasteiger partial charge in [0, 0.05) is 11.6 Å². The molecular formula is C18H21F2N. The minimum absolute atomic E-state index is 0.134. The van der Waals surface area contributed by atoms with E-state index in [2.05, 4.69) is 5.32 Å². The van der Waals surface area contributed by atoms with E-state index in [-0.39, 0.29) is 11.6 Å². The molecule has 0 spiro atoms. The predicted molar refractivity (Wildman–Crippen MR) is 82.3 cm³/mol. The highest BCUT2D eigenvalue weighted by molar-refractivity contribution is 5.30. The molecule has 0 aliphatic heterocycles. The van der Waals surface area contributed by atoms with Gasteiger partial charge in [-0.15, -0.1) is 0 Å². The highest BCUT2D eigenvalue weighted by Crippen LogP contribution is 2.25. The third-order valence-electron chi connectivity index (χ3n) is 3.67. The van der Waals surface area contributed by atoms with E-state index in [1.807, 2.05) is 38.1 Å². The third-order valence-corrected chi connectivity index (χ3v) is 3.67. The van der Waals surface area contributed by atoms with Gasteiger partial charge >= 0.3 is 0 Å². The van der Waals surface area contributed by atoms with Crippen LogP contribution in [0.3, 0.4) is 0 Å². The molecule has 0 radical (unpaired) electrons. The van der Waals surface area contributed by atoms with Gasteiger partial charge in [0.05, 0.1) is 0 Å². The summed E-state index contributed by atoms with van der Waals surface area (Å²) in [5, 5.41) is 3.26. The van der Waals surface area contributed by atoms with Gasteiger partial charge in [0.15, 0.2) is 0 Å². The number of rotatable bonds is 6. The topological polar surface area (TPSA) is 12.0 Å². The molecule has 112 valence electrons. The fourth-order valence-electron chi connectivity index (χ4n) is 2.50.